The largest absolute Gasteiger partial charge is 0.577 e. The van der Waals surface area contributed by atoms with Crippen LogP contribution >= 0.6 is 0 Å². The van der Waals surface area contributed by atoms with E-state index in [1.165, 1.54) is 36.0 Å². The van der Waals surface area contributed by atoms with E-state index in [2.05, 4.69) is 9.83 Å². The average molecular weight is 687 g/mol. The number of benzene rings is 2. The van der Waals surface area contributed by atoms with Crippen LogP contribution in [0.3, 0.4) is 0 Å². The van der Waals surface area contributed by atoms with E-state index in [9.17, 15) is 27.5 Å². The molecule has 3 rings (SSSR count). The molecule has 1 aromatic heterocycles. The van der Waals surface area contributed by atoms with E-state index in [-0.39, 0.29) is 17.6 Å². The third kappa shape index (κ3) is 5.09. The quantitative estimate of drug-likeness (QED) is 0.313. The number of carbonyl (C=O) groups is 1. The first-order valence-corrected chi connectivity index (χ1v) is 8.64. The van der Waals surface area contributed by atoms with Gasteiger partial charge in [-0.1, -0.05) is 24.3 Å². The number of carbonyl (C=O) groups excluding carboxylic acids is 1. The smallest absolute Gasteiger partial charge is 0.407 e. The molecule has 1 N–H and O–H groups in total. The van der Waals surface area contributed by atoms with Crippen LogP contribution in [0.25, 0.3) is 21.5 Å². The number of Topliss-reactive ketones (excluding diaryl/α,β-unsaturated/α-hetero) is 1. The Morgan fingerprint density at radius 3 is 2.50 bits per heavy atom. The molecule has 0 aliphatic rings. The molecule has 0 aliphatic heterocycles. The number of halogens is 4. The summed E-state index contributed by atoms with van der Waals surface area (Å²) in [5, 5.41) is 10.6. The molecule has 0 amide bonds. The number of imidazole rings is 1. The van der Waals surface area contributed by atoms with E-state index >= 15 is 0 Å². The fraction of sp³-hybridized carbons (Fsp3) is 0.250. The van der Waals surface area contributed by atoms with Crippen LogP contribution < -0.4 is 0 Å². The van der Waals surface area contributed by atoms with Gasteiger partial charge in [0, 0.05) is 6.42 Å². The SMILES string of the molecule is [C-]#[N+]c1ccc(CC(=O)[C@@](C)(O)Cn2cnc3c(F)cccc32)cc1C(F)(F)F.[Es].[N-]=O. The van der Waals surface area contributed by atoms with Crippen LogP contribution in [0.4, 0.5) is 23.2 Å². The Balaban J connectivity index is 0.00000166. The maximum absolute atomic E-state index is 13.8. The molecule has 32 heavy (non-hydrogen) atoms. The average Bonchev–Trinajstić information content (AvgIpc) is 3.12. The van der Waals surface area contributed by atoms with Gasteiger partial charge in [0.1, 0.15) is 11.1 Å². The van der Waals surface area contributed by atoms with Gasteiger partial charge in [-0.15, -0.1) is 0 Å². The first kappa shape index (κ1) is 25.4. The Labute approximate surface area is 173 Å². The van der Waals surface area contributed by atoms with Crippen molar-refractivity contribution in [1.82, 2.24) is 9.55 Å². The molecule has 0 aliphatic carbocycles. The number of para-hydroxylation sites is 1. The van der Waals surface area contributed by atoms with Crippen LogP contribution in [0.5, 0.6) is 0 Å². The van der Waals surface area contributed by atoms with Crippen LogP contribution in [0.1, 0.15) is 18.1 Å². The third-order valence-electron chi connectivity index (χ3n) is 4.53. The zero-order valence-corrected chi connectivity index (χ0v) is 18.8. The van der Waals surface area contributed by atoms with Gasteiger partial charge < -0.3 is 20.2 Å². The van der Waals surface area contributed by atoms with Crippen LogP contribution in [-0.2, 0) is 23.9 Å². The minimum atomic E-state index is -4.73. The minimum absolute atomic E-state index is 0. The van der Waals surface area contributed by atoms with Gasteiger partial charge in [0.2, 0.25) is 0 Å². The molecule has 7 nitrogen and oxygen atoms in total. The maximum atomic E-state index is 13.8. The predicted molar refractivity (Wildman–Crippen MR) is 103 cm³/mol. The van der Waals surface area contributed by atoms with Gasteiger partial charge in [-0.25, -0.2) is 14.2 Å². The monoisotopic (exact) mass is 687 g/mol. The van der Waals surface area contributed by atoms with Crippen molar-refractivity contribution in [2.45, 2.75) is 31.7 Å². The van der Waals surface area contributed by atoms with Gasteiger partial charge in [0.15, 0.2) is 17.3 Å². The van der Waals surface area contributed by atoms with Gasteiger partial charge in [0.25, 0.3) is 0 Å². The van der Waals surface area contributed by atoms with Crippen LogP contribution in [0, 0.1) is 17.3 Å². The molecule has 0 saturated heterocycles. The number of hydrogen-bond donors (Lipinski definition) is 1. The zero-order valence-electron chi connectivity index (χ0n) is 16.3. The first-order chi connectivity index (χ1) is 14.5. The molecule has 1 heterocycles. The molecule has 0 bridgehead atoms. The third-order valence-corrected chi connectivity index (χ3v) is 4.53. The molecule has 0 fully saturated rings. The van der Waals surface area contributed by atoms with Gasteiger partial charge in [0.05, 0.1) is 30.5 Å². The zero-order chi connectivity index (χ0) is 23.4. The van der Waals surface area contributed by atoms with Crippen molar-refractivity contribution in [3.63, 3.8) is 0 Å². The number of aliphatic hydroxyl groups is 1. The first-order valence-electron chi connectivity index (χ1n) is 8.64. The Morgan fingerprint density at radius 1 is 1.25 bits per heavy atom. The normalized spacial score (nSPS) is 12.7. The Morgan fingerprint density at radius 2 is 1.91 bits per heavy atom. The van der Waals surface area contributed by atoms with Gasteiger partial charge in [-0.05, 0) is 24.6 Å². The summed E-state index contributed by atoms with van der Waals surface area (Å²) < 4.78 is 54.5. The molecule has 3 aromatic rings. The second kappa shape index (κ2) is 9.44. The van der Waals surface area contributed by atoms with Crippen molar-refractivity contribution in [3.8, 4) is 0 Å². The van der Waals surface area contributed by atoms with Crippen molar-refractivity contribution in [2.75, 3.05) is 0 Å². The molecule has 173 valence electrons. The second-order valence-corrected chi connectivity index (χ2v) is 6.81. The van der Waals surface area contributed by atoms with Crippen molar-refractivity contribution in [3.05, 3.63) is 81.6 Å². The van der Waals surface area contributed by atoms with Crippen molar-refractivity contribution < 1.29 is 27.5 Å². The summed E-state index contributed by atoms with van der Waals surface area (Å²) in [7, 11) is 0. The predicted octanol–water partition coefficient (Wildman–Crippen LogP) is 4.63. The Kier molecular flexibility index (Phi) is 7.49. The Hall–Kier alpha value is -4.65. The fourth-order valence-electron chi connectivity index (χ4n) is 2.99. The van der Waals surface area contributed by atoms with E-state index in [0.29, 0.717) is 5.52 Å². The molecule has 12 heteroatoms. The molecule has 2 aromatic carbocycles. The summed E-state index contributed by atoms with van der Waals surface area (Å²) >= 11 is 0. The fourth-order valence-corrected chi connectivity index (χ4v) is 2.99. The number of rotatable bonds is 5. The second-order valence-electron chi connectivity index (χ2n) is 6.81. The topological polar surface area (TPSA) is 98.8 Å². The summed E-state index contributed by atoms with van der Waals surface area (Å²) in [6, 6.07) is 7.25. The molecule has 0 spiro atoms. The number of ketones is 1. The number of nitroso groups, excluding NO2 is 1. The number of nitrogens with zero attached hydrogens (tertiary/aromatic N) is 4. The number of alkyl halides is 3. The van der Waals surface area contributed by atoms with E-state index in [4.69, 9.17) is 17.1 Å². The minimum Gasteiger partial charge on any atom is -0.577 e. The van der Waals surface area contributed by atoms with Gasteiger partial charge in [-0.2, -0.15) is 13.2 Å². The number of aromatic nitrogens is 2. The molecule has 1 radical (unpaired) electrons. The molecule has 0 unspecified atom stereocenters. The van der Waals surface area contributed by atoms with Crippen molar-refractivity contribution in [2.24, 2.45) is 0 Å². The van der Waals surface area contributed by atoms with Crippen LogP contribution in [0.2, 0.25) is 0 Å². The van der Waals surface area contributed by atoms with Crippen LogP contribution in [-0.4, -0.2) is 26.0 Å². The van der Waals surface area contributed by atoms with E-state index in [1.54, 1.807) is 6.07 Å². The van der Waals surface area contributed by atoms with E-state index in [0.717, 1.165) is 12.1 Å². The standard InChI is InChI=1S/C20H15F4N3O2.Es.NO/c1-19(29,10-27-11-26-18-14(21)4-3-5-16(18)27)17(28)9-12-6-7-15(25-2)13(8-12)20(22,23)24;;1-2/h3-8,11,29H,9-10H2,1H3;;/q;;-1/t19-;;/m0../s1. The summed E-state index contributed by atoms with van der Waals surface area (Å²) in [4.78, 5) is 26.6. The summed E-state index contributed by atoms with van der Waals surface area (Å²) in [6.45, 7) is 7.83. The molecule has 1 atom stereocenters. The molecular formula is C20H15EsF4N4O3-. The molecular weight excluding hydrogens is 672 g/mol. The van der Waals surface area contributed by atoms with Crippen molar-refractivity contribution in [1.29, 1.82) is 0 Å². The summed E-state index contributed by atoms with van der Waals surface area (Å²) in [5.41, 5.74) is 2.60. The number of fused-ring (bicyclic) bond motifs is 1. The van der Waals surface area contributed by atoms with Gasteiger partial charge >= 0.3 is 6.18 Å². The van der Waals surface area contributed by atoms with Crippen LogP contribution in [0.15, 0.2) is 42.7 Å². The van der Waals surface area contributed by atoms with E-state index in [1.807, 2.05) is 0 Å². The summed E-state index contributed by atoms with van der Waals surface area (Å²) in [5.74, 6) is -1.27. The Bertz CT molecular complexity index is 1160. The van der Waals surface area contributed by atoms with Crippen molar-refractivity contribution >= 4 is 22.5 Å². The van der Waals surface area contributed by atoms with E-state index < -0.39 is 41.0 Å². The molecule has 0 saturated carbocycles. The maximum Gasteiger partial charge on any atom is 0.407 e. The number of hydrogen-bond acceptors (Lipinski definition) is 4. The summed E-state index contributed by atoms with van der Waals surface area (Å²) in [6.07, 6.45) is -3.92. The van der Waals surface area contributed by atoms with Gasteiger partial charge in [-0.3, -0.25) is 4.79 Å².